The van der Waals surface area contributed by atoms with Gasteiger partial charge in [-0.25, -0.2) is 10.9 Å². The van der Waals surface area contributed by atoms with Crippen molar-refractivity contribution in [2.24, 2.45) is 10.2 Å². The van der Waals surface area contributed by atoms with Gasteiger partial charge in [0.05, 0.1) is 11.4 Å². The largest absolute Gasteiger partial charge is 0.271 e. The molecule has 0 aliphatic heterocycles. The summed E-state index contributed by atoms with van der Waals surface area (Å²) in [5.74, 6) is -0.841. The fourth-order valence-corrected chi connectivity index (χ4v) is 3.85. The molecule has 5 rings (SSSR count). The van der Waals surface area contributed by atoms with Crippen molar-refractivity contribution in [2.45, 2.75) is 0 Å². The summed E-state index contributed by atoms with van der Waals surface area (Å²) in [6, 6.07) is 36.2. The van der Waals surface area contributed by atoms with E-state index in [4.69, 9.17) is 0 Å². The number of carbonyl (C=O) groups is 2. The van der Waals surface area contributed by atoms with Crippen LogP contribution in [-0.4, -0.2) is 33.2 Å². The van der Waals surface area contributed by atoms with E-state index in [9.17, 15) is 9.59 Å². The molecule has 0 bridgehead atoms. The Morgan fingerprint density at radius 2 is 0.825 bits per heavy atom. The highest BCUT2D eigenvalue weighted by Gasteiger charge is 2.13. The van der Waals surface area contributed by atoms with Crippen LogP contribution in [0.5, 0.6) is 0 Å². The first-order chi connectivity index (χ1) is 19.7. The zero-order valence-corrected chi connectivity index (χ0v) is 21.3. The molecule has 2 N–H and O–H groups in total. The molecule has 2 amide bonds. The topological polar surface area (TPSA) is 109 Å². The Hall–Kier alpha value is -5.76. The smallest absolute Gasteiger partial charge is 0.267 e. The maximum Gasteiger partial charge on any atom is 0.271 e. The standard InChI is InChI=1S/C32H24N6O2/c39-31(37-35-29(23-11-3-1-4-12-23)27-15-7-9-21-33-27)25-17-19-26(20-18-25)32(40)38-36-30(24-13-5-2-6-14-24)28-16-8-10-22-34-28/h1-22H,(H,37,39)(H,38,40). The Morgan fingerprint density at radius 1 is 0.450 bits per heavy atom. The summed E-state index contributed by atoms with van der Waals surface area (Å²) in [6.45, 7) is 0. The second-order valence-corrected chi connectivity index (χ2v) is 8.54. The van der Waals surface area contributed by atoms with Crippen molar-refractivity contribution in [3.05, 3.63) is 167 Å². The van der Waals surface area contributed by atoms with Crippen molar-refractivity contribution in [1.29, 1.82) is 0 Å². The molecule has 0 saturated carbocycles. The maximum atomic E-state index is 12.9. The molecule has 2 aromatic heterocycles. The van der Waals surface area contributed by atoms with E-state index in [1.807, 2.05) is 97.1 Å². The van der Waals surface area contributed by atoms with Gasteiger partial charge in [-0.05, 0) is 48.5 Å². The van der Waals surface area contributed by atoms with E-state index in [0.29, 0.717) is 33.9 Å². The number of nitrogens with zero attached hydrogens (tertiary/aromatic N) is 4. The van der Waals surface area contributed by atoms with Crippen LogP contribution in [0.1, 0.15) is 43.2 Å². The molecule has 0 aliphatic carbocycles. The number of rotatable bonds is 8. The van der Waals surface area contributed by atoms with Crippen molar-refractivity contribution in [1.82, 2.24) is 20.8 Å². The number of amides is 2. The van der Waals surface area contributed by atoms with Gasteiger partial charge < -0.3 is 0 Å². The Bertz CT molecular complexity index is 1430. The van der Waals surface area contributed by atoms with Crippen LogP contribution in [0.2, 0.25) is 0 Å². The van der Waals surface area contributed by atoms with Gasteiger partial charge in [0.2, 0.25) is 0 Å². The molecule has 0 radical (unpaired) electrons. The molecule has 0 fully saturated rings. The summed E-state index contributed by atoms with van der Waals surface area (Å²) in [4.78, 5) is 34.4. The van der Waals surface area contributed by atoms with Gasteiger partial charge in [0.25, 0.3) is 11.8 Å². The first-order valence-electron chi connectivity index (χ1n) is 12.5. The number of hydrogen-bond acceptors (Lipinski definition) is 6. The van der Waals surface area contributed by atoms with E-state index >= 15 is 0 Å². The minimum absolute atomic E-state index is 0.343. The summed E-state index contributed by atoms with van der Waals surface area (Å²) in [6.07, 6.45) is 3.34. The van der Waals surface area contributed by atoms with Crippen LogP contribution in [0.15, 0.2) is 144 Å². The maximum absolute atomic E-state index is 12.9. The van der Waals surface area contributed by atoms with Crippen LogP contribution in [0.25, 0.3) is 0 Å². The first-order valence-corrected chi connectivity index (χ1v) is 12.5. The van der Waals surface area contributed by atoms with Crippen molar-refractivity contribution < 1.29 is 9.59 Å². The van der Waals surface area contributed by atoms with E-state index in [1.54, 1.807) is 36.7 Å². The minimum atomic E-state index is -0.421. The predicted molar refractivity (Wildman–Crippen MR) is 154 cm³/mol. The number of pyridine rings is 2. The predicted octanol–water partition coefficient (Wildman–Crippen LogP) is 4.84. The van der Waals surface area contributed by atoms with Gasteiger partial charge in [-0.1, -0.05) is 72.8 Å². The third-order valence-corrected chi connectivity index (χ3v) is 5.86. The molecule has 0 atom stereocenters. The zero-order valence-electron chi connectivity index (χ0n) is 21.3. The number of nitrogens with one attached hydrogen (secondary N) is 2. The van der Waals surface area contributed by atoms with Crippen LogP contribution < -0.4 is 10.9 Å². The summed E-state index contributed by atoms with van der Waals surface area (Å²) >= 11 is 0. The van der Waals surface area contributed by atoms with Crippen molar-refractivity contribution in [2.75, 3.05) is 0 Å². The molecule has 0 saturated heterocycles. The Balaban J connectivity index is 1.30. The number of aromatic nitrogens is 2. The lowest BCUT2D eigenvalue weighted by Crippen LogP contribution is -2.22. The molecule has 0 spiro atoms. The highest BCUT2D eigenvalue weighted by atomic mass is 16.2. The number of carbonyl (C=O) groups excluding carboxylic acids is 2. The van der Waals surface area contributed by atoms with Crippen LogP contribution in [0.3, 0.4) is 0 Å². The van der Waals surface area contributed by atoms with Gasteiger partial charge in [-0.15, -0.1) is 0 Å². The van der Waals surface area contributed by atoms with E-state index in [1.165, 1.54) is 0 Å². The number of hydrogen-bond donors (Lipinski definition) is 2. The molecule has 0 unspecified atom stereocenters. The normalized spacial score (nSPS) is 11.5. The van der Waals surface area contributed by atoms with Crippen molar-refractivity contribution in [3.63, 3.8) is 0 Å². The van der Waals surface area contributed by atoms with E-state index in [0.717, 1.165) is 11.1 Å². The molecule has 8 nitrogen and oxygen atoms in total. The monoisotopic (exact) mass is 524 g/mol. The summed E-state index contributed by atoms with van der Waals surface area (Å²) < 4.78 is 0. The SMILES string of the molecule is O=C(NN=C(c1ccccc1)c1ccccn1)c1ccc(C(=O)NN=C(c2ccccc2)c2ccccn2)cc1. The Kier molecular flexibility index (Phi) is 8.19. The molecular formula is C32H24N6O2. The van der Waals surface area contributed by atoms with Gasteiger partial charge in [0.1, 0.15) is 11.4 Å². The molecule has 0 aliphatic rings. The van der Waals surface area contributed by atoms with Crippen LogP contribution in [-0.2, 0) is 0 Å². The first kappa shape index (κ1) is 25.9. The Morgan fingerprint density at radius 3 is 1.18 bits per heavy atom. The number of hydrazone groups is 2. The average Bonchev–Trinajstić information content (AvgIpc) is 3.03. The zero-order chi connectivity index (χ0) is 27.6. The highest BCUT2D eigenvalue weighted by molar-refractivity contribution is 6.13. The molecule has 5 aromatic rings. The quantitative estimate of drug-likeness (QED) is 0.224. The van der Waals surface area contributed by atoms with Crippen LogP contribution >= 0.6 is 0 Å². The molecule has 194 valence electrons. The van der Waals surface area contributed by atoms with Gasteiger partial charge in [-0.2, -0.15) is 10.2 Å². The van der Waals surface area contributed by atoms with Gasteiger partial charge in [0, 0.05) is 34.6 Å². The Labute approximate surface area is 231 Å². The van der Waals surface area contributed by atoms with E-state index in [2.05, 4.69) is 31.0 Å². The lowest BCUT2D eigenvalue weighted by atomic mass is 10.1. The highest BCUT2D eigenvalue weighted by Crippen LogP contribution is 2.11. The van der Waals surface area contributed by atoms with Gasteiger partial charge in [0.15, 0.2) is 0 Å². The molecule has 40 heavy (non-hydrogen) atoms. The molecule has 8 heteroatoms. The summed E-state index contributed by atoms with van der Waals surface area (Å²) in [5, 5.41) is 8.71. The van der Waals surface area contributed by atoms with Gasteiger partial charge in [-0.3, -0.25) is 19.6 Å². The van der Waals surface area contributed by atoms with Gasteiger partial charge >= 0.3 is 0 Å². The molecular weight excluding hydrogens is 500 g/mol. The lowest BCUT2D eigenvalue weighted by Gasteiger charge is -2.08. The lowest BCUT2D eigenvalue weighted by molar-refractivity contribution is 0.0943. The third kappa shape index (κ3) is 6.38. The van der Waals surface area contributed by atoms with Crippen LogP contribution in [0, 0.1) is 0 Å². The summed E-state index contributed by atoms with van der Waals surface area (Å²) in [7, 11) is 0. The minimum Gasteiger partial charge on any atom is -0.267 e. The average molecular weight is 525 g/mol. The fourth-order valence-electron chi connectivity index (χ4n) is 3.85. The van der Waals surface area contributed by atoms with E-state index < -0.39 is 11.8 Å². The second-order valence-electron chi connectivity index (χ2n) is 8.54. The van der Waals surface area contributed by atoms with Crippen LogP contribution in [0.4, 0.5) is 0 Å². The summed E-state index contributed by atoms with van der Waals surface area (Å²) in [5.41, 5.74) is 9.84. The number of benzene rings is 3. The van der Waals surface area contributed by atoms with Crippen molar-refractivity contribution in [3.8, 4) is 0 Å². The fraction of sp³-hybridized carbons (Fsp3) is 0. The molecule has 2 heterocycles. The molecule has 3 aromatic carbocycles. The van der Waals surface area contributed by atoms with E-state index in [-0.39, 0.29) is 0 Å². The third-order valence-electron chi connectivity index (χ3n) is 5.86. The second kappa shape index (κ2) is 12.7. The van der Waals surface area contributed by atoms with Crippen molar-refractivity contribution >= 4 is 23.2 Å².